The number of aryl methyl sites for hydroxylation is 1. The SMILES string of the molecule is COC(C)c1cccc(C)c1I. The average molecular weight is 276 g/mol. The molecule has 1 aromatic carbocycles. The smallest absolute Gasteiger partial charge is 0.0803 e. The Hall–Kier alpha value is -0.0900. The fraction of sp³-hybridized carbons (Fsp3) is 0.400. The van der Waals surface area contributed by atoms with Gasteiger partial charge in [-0.3, -0.25) is 0 Å². The van der Waals surface area contributed by atoms with Crippen molar-refractivity contribution in [2.24, 2.45) is 0 Å². The van der Waals surface area contributed by atoms with Crippen LogP contribution in [-0.2, 0) is 4.74 Å². The van der Waals surface area contributed by atoms with Gasteiger partial charge < -0.3 is 4.74 Å². The average Bonchev–Trinajstić information content (AvgIpc) is 2.08. The summed E-state index contributed by atoms with van der Waals surface area (Å²) in [7, 11) is 1.74. The summed E-state index contributed by atoms with van der Waals surface area (Å²) < 4.78 is 6.58. The van der Waals surface area contributed by atoms with Crippen LogP contribution < -0.4 is 0 Å². The molecule has 66 valence electrons. The van der Waals surface area contributed by atoms with Crippen molar-refractivity contribution in [3.05, 3.63) is 32.9 Å². The van der Waals surface area contributed by atoms with Gasteiger partial charge in [0.05, 0.1) is 6.10 Å². The maximum atomic E-state index is 5.27. The molecular weight excluding hydrogens is 263 g/mol. The van der Waals surface area contributed by atoms with Crippen LogP contribution >= 0.6 is 22.6 Å². The van der Waals surface area contributed by atoms with Gasteiger partial charge >= 0.3 is 0 Å². The van der Waals surface area contributed by atoms with Gasteiger partial charge in [-0.25, -0.2) is 0 Å². The van der Waals surface area contributed by atoms with Crippen molar-refractivity contribution in [1.29, 1.82) is 0 Å². The van der Waals surface area contributed by atoms with Gasteiger partial charge in [0.25, 0.3) is 0 Å². The van der Waals surface area contributed by atoms with E-state index in [2.05, 4.69) is 54.6 Å². The third kappa shape index (κ3) is 1.98. The van der Waals surface area contributed by atoms with Gasteiger partial charge in [0, 0.05) is 10.7 Å². The van der Waals surface area contributed by atoms with E-state index in [1.807, 2.05) is 0 Å². The number of hydrogen-bond donors (Lipinski definition) is 0. The highest BCUT2D eigenvalue weighted by Gasteiger charge is 2.08. The molecule has 0 amide bonds. The number of hydrogen-bond acceptors (Lipinski definition) is 1. The first-order chi connectivity index (χ1) is 5.66. The fourth-order valence-corrected chi connectivity index (χ4v) is 1.91. The van der Waals surface area contributed by atoms with Gasteiger partial charge in [-0.1, -0.05) is 18.2 Å². The van der Waals surface area contributed by atoms with E-state index >= 15 is 0 Å². The normalized spacial score (nSPS) is 13.0. The minimum absolute atomic E-state index is 0.191. The summed E-state index contributed by atoms with van der Waals surface area (Å²) >= 11 is 2.36. The second kappa shape index (κ2) is 4.23. The minimum atomic E-state index is 0.191. The van der Waals surface area contributed by atoms with E-state index in [0.717, 1.165) is 0 Å². The van der Waals surface area contributed by atoms with Gasteiger partial charge in [-0.05, 0) is 47.6 Å². The molecule has 0 radical (unpaired) electrons. The third-order valence-electron chi connectivity index (χ3n) is 2.01. The van der Waals surface area contributed by atoms with E-state index in [9.17, 15) is 0 Å². The fourth-order valence-electron chi connectivity index (χ4n) is 1.11. The van der Waals surface area contributed by atoms with E-state index in [1.165, 1.54) is 14.7 Å². The number of methoxy groups -OCH3 is 1. The predicted octanol–water partition coefficient (Wildman–Crippen LogP) is 3.31. The van der Waals surface area contributed by atoms with Gasteiger partial charge in [0.1, 0.15) is 0 Å². The molecule has 12 heavy (non-hydrogen) atoms. The largest absolute Gasteiger partial charge is 0.377 e. The number of ether oxygens (including phenoxy) is 1. The predicted molar refractivity (Wildman–Crippen MR) is 59.3 cm³/mol. The zero-order chi connectivity index (χ0) is 9.14. The molecule has 0 saturated heterocycles. The molecule has 0 aliphatic heterocycles. The Bertz CT molecular complexity index is 271. The summed E-state index contributed by atoms with van der Waals surface area (Å²) in [5, 5.41) is 0. The summed E-state index contributed by atoms with van der Waals surface area (Å²) in [6, 6.07) is 6.30. The van der Waals surface area contributed by atoms with Gasteiger partial charge in [0.15, 0.2) is 0 Å². The van der Waals surface area contributed by atoms with Crippen molar-refractivity contribution < 1.29 is 4.74 Å². The van der Waals surface area contributed by atoms with E-state index < -0.39 is 0 Å². The number of halogens is 1. The molecule has 0 N–H and O–H groups in total. The van der Waals surface area contributed by atoms with Gasteiger partial charge in [-0.15, -0.1) is 0 Å². The lowest BCUT2D eigenvalue weighted by atomic mass is 10.1. The monoisotopic (exact) mass is 276 g/mol. The lowest BCUT2D eigenvalue weighted by molar-refractivity contribution is 0.119. The van der Waals surface area contributed by atoms with Crippen LogP contribution in [0.4, 0.5) is 0 Å². The highest BCUT2D eigenvalue weighted by Crippen LogP contribution is 2.24. The molecule has 0 heterocycles. The summed E-state index contributed by atoms with van der Waals surface area (Å²) in [4.78, 5) is 0. The van der Waals surface area contributed by atoms with E-state index in [1.54, 1.807) is 7.11 Å². The third-order valence-corrected chi connectivity index (χ3v) is 3.49. The van der Waals surface area contributed by atoms with Crippen molar-refractivity contribution in [3.8, 4) is 0 Å². The topological polar surface area (TPSA) is 9.23 Å². The Morgan fingerprint density at radius 1 is 1.42 bits per heavy atom. The van der Waals surface area contributed by atoms with Crippen LogP contribution in [-0.4, -0.2) is 7.11 Å². The van der Waals surface area contributed by atoms with Crippen molar-refractivity contribution >= 4 is 22.6 Å². The quantitative estimate of drug-likeness (QED) is 0.753. The molecule has 1 atom stereocenters. The Balaban J connectivity index is 3.07. The summed E-state index contributed by atoms with van der Waals surface area (Å²) in [6.07, 6.45) is 0.191. The van der Waals surface area contributed by atoms with Crippen LogP contribution in [0.5, 0.6) is 0 Å². The Morgan fingerprint density at radius 3 is 2.67 bits per heavy atom. The molecule has 1 unspecified atom stereocenters. The first-order valence-corrected chi connectivity index (χ1v) is 5.02. The molecule has 0 saturated carbocycles. The molecule has 0 aromatic heterocycles. The first kappa shape index (κ1) is 9.99. The highest BCUT2D eigenvalue weighted by molar-refractivity contribution is 14.1. The second-order valence-electron chi connectivity index (χ2n) is 2.86. The summed E-state index contributed by atoms with van der Waals surface area (Å²) in [6.45, 7) is 4.19. The molecule has 0 fully saturated rings. The zero-order valence-electron chi connectivity index (χ0n) is 7.60. The molecule has 1 nitrogen and oxygen atoms in total. The van der Waals surface area contributed by atoms with Crippen molar-refractivity contribution in [2.75, 3.05) is 7.11 Å². The van der Waals surface area contributed by atoms with Crippen molar-refractivity contribution in [1.82, 2.24) is 0 Å². The number of rotatable bonds is 2. The van der Waals surface area contributed by atoms with Crippen LogP contribution in [0.2, 0.25) is 0 Å². The Kier molecular flexibility index (Phi) is 3.53. The van der Waals surface area contributed by atoms with Crippen LogP contribution in [0.25, 0.3) is 0 Å². The molecule has 0 aliphatic carbocycles. The number of benzene rings is 1. The molecular formula is C10H13IO. The van der Waals surface area contributed by atoms with Crippen molar-refractivity contribution in [2.45, 2.75) is 20.0 Å². The van der Waals surface area contributed by atoms with Crippen LogP contribution in [0.3, 0.4) is 0 Å². The Labute approximate surface area is 87.3 Å². The Morgan fingerprint density at radius 2 is 2.08 bits per heavy atom. The van der Waals surface area contributed by atoms with Crippen molar-refractivity contribution in [3.63, 3.8) is 0 Å². The lowest BCUT2D eigenvalue weighted by Gasteiger charge is -2.12. The summed E-state index contributed by atoms with van der Waals surface area (Å²) in [5.74, 6) is 0. The van der Waals surface area contributed by atoms with Crippen LogP contribution in [0.1, 0.15) is 24.2 Å². The second-order valence-corrected chi connectivity index (χ2v) is 3.93. The van der Waals surface area contributed by atoms with E-state index in [-0.39, 0.29) is 6.10 Å². The molecule has 2 heteroatoms. The maximum Gasteiger partial charge on any atom is 0.0803 e. The lowest BCUT2D eigenvalue weighted by Crippen LogP contribution is -1.99. The standard InChI is InChI=1S/C10H13IO/c1-7-5-4-6-9(10(7)11)8(2)12-3/h4-6,8H,1-3H3. The first-order valence-electron chi connectivity index (χ1n) is 3.94. The summed E-state index contributed by atoms with van der Waals surface area (Å²) in [5.41, 5.74) is 2.59. The maximum absolute atomic E-state index is 5.27. The van der Waals surface area contributed by atoms with E-state index in [0.29, 0.717) is 0 Å². The van der Waals surface area contributed by atoms with E-state index in [4.69, 9.17) is 4.74 Å². The minimum Gasteiger partial charge on any atom is -0.377 e. The van der Waals surface area contributed by atoms with Gasteiger partial charge in [-0.2, -0.15) is 0 Å². The molecule has 0 spiro atoms. The molecule has 0 bridgehead atoms. The van der Waals surface area contributed by atoms with Gasteiger partial charge in [0.2, 0.25) is 0 Å². The zero-order valence-corrected chi connectivity index (χ0v) is 9.75. The molecule has 1 rings (SSSR count). The molecule has 1 aromatic rings. The highest BCUT2D eigenvalue weighted by atomic mass is 127. The van der Waals surface area contributed by atoms with Crippen LogP contribution in [0, 0.1) is 10.5 Å². The molecule has 0 aliphatic rings. The van der Waals surface area contributed by atoms with Crippen LogP contribution in [0.15, 0.2) is 18.2 Å².